The molecule has 3 fully saturated rings. The van der Waals surface area contributed by atoms with Crippen molar-refractivity contribution in [3.8, 4) is 0 Å². The zero-order valence-electron chi connectivity index (χ0n) is 14.1. The van der Waals surface area contributed by atoms with Crippen molar-refractivity contribution < 1.29 is 14.3 Å². The Kier molecular flexibility index (Phi) is 4.85. The molecule has 4 heterocycles. The average molecular weight is 365 g/mol. The molecule has 0 aliphatic carbocycles. The summed E-state index contributed by atoms with van der Waals surface area (Å²) in [4.78, 5) is 28.2. The summed E-state index contributed by atoms with van der Waals surface area (Å²) in [5.41, 5.74) is 0. The SMILES string of the molecule is O=C(NC[C@H]1CCCO1)[C@@H]1CCCN1c1nnc(N2CCCC2=O)s1. The molecule has 3 aliphatic heterocycles. The first-order chi connectivity index (χ1) is 12.2. The lowest BCUT2D eigenvalue weighted by molar-refractivity contribution is -0.122. The Hall–Kier alpha value is -1.74. The summed E-state index contributed by atoms with van der Waals surface area (Å²) in [7, 11) is 0. The Labute approximate surface area is 150 Å². The van der Waals surface area contributed by atoms with E-state index < -0.39 is 0 Å². The van der Waals surface area contributed by atoms with Crippen LogP contribution < -0.4 is 15.1 Å². The van der Waals surface area contributed by atoms with E-state index in [1.165, 1.54) is 11.3 Å². The lowest BCUT2D eigenvalue weighted by Crippen LogP contribution is -2.45. The smallest absolute Gasteiger partial charge is 0.242 e. The molecule has 1 N–H and O–H groups in total. The largest absolute Gasteiger partial charge is 0.376 e. The van der Waals surface area contributed by atoms with E-state index in [0.29, 0.717) is 24.6 Å². The Morgan fingerprint density at radius 1 is 1.20 bits per heavy atom. The Morgan fingerprint density at radius 3 is 2.84 bits per heavy atom. The van der Waals surface area contributed by atoms with Crippen LogP contribution in [-0.4, -0.2) is 60.4 Å². The van der Waals surface area contributed by atoms with Crippen LogP contribution in [0, 0.1) is 0 Å². The summed E-state index contributed by atoms with van der Waals surface area (Å²) >= 11 is 1.40. The molecule has 0 aromatic carbocycles. The molecule has 0 bridgehead atoms. The average Bonchev–Trinajstić information content (AvgIpc) is 3.37. The molecule has 2 amide bonds. The second kappa shape index (κ2) is 7.25. The van der Waals surface area contributed by atoms with Gasteiger partial charge in [-0.25, -0.2) is 0 Å². The van der Waals surface area contributed by atoms with Crippen molar-refractivity contribution >= 4 is 33.4 Å². The van der Waals surface area contributed by atoms with Crippen LogP contribution in [0.4, 0.5) is 10.3 Å². The van der Waals surface area contributed by atoms with Gasteiger partial charge in [0.2, 0.25) is 22.1 Å². The van der Waals surface area contributed by atoms with Gasteiger partial charge in [0.25, 0.3) is 0 Å². The zero-order chi connectivity index (χ0) is 17.2. The van der Waals surface area contributed by atoms with Gasteiger partial charge in [0, 0.05) is 32.7 Å². The second-order valence-electron chi connectivity index (χ2n) is 6.75. The number of carbonyl (C=O) groups excluding carboxylic acids is 2. The van der Waals surface area contributed by atoms with Gasteiger partial charge in [-0.05, 0) is 32.1 Å². The molecule has 9 heteroatoms. The van der Waals surface area contributed by atoms with E-state index in [1.807, 2.05) is 4.90 Å². The minimum absolute atomic E-state index is 0.0296. The maximum absolute atomic E-state index is 12.6. The number of amides is 2. The number of aromatic nitrogens is 2. The normalized spacial score (nSPS) is 26.6. The number of anilines is 2. The van der Waals surface area contributed by atoms with Gasteiger partial charge >= 0.3 is 0 Å². The summed E-state index contributed by atoms with van der Waals surface area (Å²) in [6, 6.07) is -0.212. The molecule has 8 nitrogen and oxygen atoms in total. The van der Waals surface area contributed by atoms with Crippen molar-refractivity contribution in [2.75, 3.05) is 36.0 Å². The minimum Gasteiger partial charge on any atom is -0.376 e. The van der Waals surface area contributed by atoms with E-state index in [2.05, 4.69) is 15.5 Å². The van der Waals surface area contributed by atoms with E-state index in [4.69, 9.17) is 4.74 Å². The van der Waals surface area contributed by atoms with Gasteiger partial charge in [-0.3, -0.25) is 14.5 Å². The second-order valence-corrected chi connectivity index (χ2v) is 7.68. The van der Waals surface area contributed by atoms with Crippen molar-refractivity contribution in [1.82, 2.24) is 15.5 Å². The Bertz CT molecular complexity index is 645. The molecule has 0 spiro atoms. The van der Waals surface area contributed by atoms with Crippen LogP contribution in [0.1, 0.15) is 38.5 Å². The third-order valence-electron chi connectivity index (χ3n) is 5.04. The molecule has 0 saturated carbocycles. The van der Waals surface area contributed by atoms with Gasteiger partial charge in [0.05, 0.1) is 6.10 Å². The molecule has 25 heavy (non-hydrogen) atoms. The van der Waals surface area contributed by atoms with E-state index in [9.17, 15) is 9.59 Å². The highest BCUT2D eigenvalue weighted by Gasteiger charge is 2.34. The van der Waals surface area contributed by atoms with Crippen molar-refractivity contribution in [2.45, 2.75) is 50.7 Å². The van der Waals surface area contributed by atoms with E-state index >= 15 is 0 Å². The van der Waals surface area contributed by atoms with Gasteiger partial charge in [0.1, 0.15) is 6.04 Å². The first kappa shape index (κ1) is 16.7. The van der Waals surface area contributed by atoms with E-state index in [0.717, 1.165) is 50.4 Å². The molecule has 136 valence electrons. The summed E-state index contributed by atoms with van der Waals surface area (Å²) in [6.07, 6.45) is 5.44. The fourth-order valence-corrected chi connectivity index (χ4v) is 4.66. The summed E-state index contributed by atoms with van der Waals surface area (Å²) in [5, 5.41) is 12.8. The Balaban J connectivity index is 1.39. The zero-order valence-corrected chi connectivity index (χ0v) is 15.0. The molecular weight excluding hydrogens is 342 g/mol. The third-order valence-corrected chi connectivity index (χ3v) is 6.02. The molecule has 1 aromatic rings. The lowest BCUT2D eigenvalue weighted by Gasteiger charge is -2.23. The standard InChI is InChI=1S/C16H23N5O3S/c22-13-6-2-8-21(13)16-19-18-15(25-16)20-7-1-5-12(20)14(23)17-10-11-4-3-9-24-11/h11-12H,1-10H2,(H,17,23)/t11-,12+/m1/s1. The predicted molar refractivity (Wildman–Crippen MR) is 93.8 cm³/mol. The highest BCUT2D eigenvalue weighted by Crippen LogP contribution is 2.33. The van der Waals surface area contributed by atoms with Crippen LogP contribution in [0.5, 0.6) is 0 Å². The minimum atomic E-state index is -0.212. The van der Waals surface area contributed by atoms with Gasteiger partial charge in [-0.2, -0.15) is 0 Å². The number of nitrogens with zero attached hydrogens (tertiary/aromatic N) is 4. The highest BCUT2D eigenvalue weighted by atomic mass is 32.1. The first-order valence-electron chi connectivity index (χ1n) is 9.02. The van der Waals surface area contributed by atoms with Gasteiger partial charge in [0.15, 0.2) is 0 Å². The van der Waals surface area contributed by atoms with Crippen LogP contribution in [0.15, 0.2) is 0 Å². The first-order valence-corrected chi connectivity index (χ1v) is 9.84. The van der Waals surface area contributed by atoms with Crippen LogP contribution in [0.2, 0.25) is 0 Å². The number of hydrogen-bond donors (Lipinski definition) is 1. The molecule has 4 rings (SSSR count). The fraction of sp³-hybridized carbons (Fsp3) is 0.750. The highest BCUT2D eigenvalue weighted by molar-refractivity contribution is 7.19. The predicted octanol–water partition coefficient (Wildman–Crippen LogP) is 0.929. The van der Waals surface area contributed by atoms with E-state index in [-0.39, 0.29) is 24.0 Å². The maximum Gasteiger partial charge on any atom is 0.242 e. The maximum atomic E-state index is 12.6. The van der Waals surface area contributed by atoms with Crippen LogP contribution in [0.25, 0.3) is 0 Å². The summed E-state index contributed by atoms with van der Waals surface area (Å²) in [5.74, 6) is 0.136. The van der Waals surface area contributed by atoms with Crippen LogP contribution >= 0.6 is 11.3 Å². The number of rotatable bonds is 5. The fourth-order valence-electron chi connectivity index (χ4n) is 3.69. The van der Waals surface area contributed by atoms with Crippen LogP contribution in [0.3, 0.4) is 0 Å². The summed E-state index contributed by atoms with van der Waals surface area (Å²) < 4.78 is 5.56. The number of nitrogens with one attached hydrogen (secondary N) is 1. The molecule has 1 aromatic heterocycles. The van der Waals surface area contributed by atoms with Gasteiger partial charge < -0.3 is 15.0 Å². The van der Waals surface area contributed by atoms with Gasteiger partial charge in [-0.1, -0.05) is 11.3 Å². The molecule has 3 saturated heterocycles. The third kappa shape index (κ3) is 3.48. The number of ether oxygens (including phenoxy) is 1. The molecule has 0 unspecified atom stereocenters. The summed E-state index contributed by atoms with van der Waals surface area (Å²) in [6.45, 7) is 2.87. The van der Waals surface area contributed by atoms with E-state index in [1.54, 1.807) is 4.90 Å². The number of carbonyl (C=O) groups is 2. The quantitative estimate of drug-likeness (QED) is 0.835. The van der Waals surface area contributed by atoms with Crippen molar-refractivity contribution in [1.29, 1.82) is 0 Å². The monoisotopic (exact) mass is 365 g/mol. The van der Waals surface area contributed by atoms with Crippen molar-refractivity contribution in [3.05, 3.63) is 0 Å². The van der Waals surface area contributed by atoms with Crippen molar-refractivity contribution in [2.24, 2.45) is 0 Å². The molecular formula is C16H23N5O3S. The number of hydrogen-bond acceptors (Lipinski definition) is 7. The van der Waals surface area contributed by atoms with Crippen molar-refractivity contribution in [3.63, 3.8) is 0 Å². The Morgan fingerprint density at radius 2 is 2.08 bits per heavy atom. The molecule has 2 atom stereocenters. The van der Waals surface area contributed by atoms with Crippen LogP contribution in [-0.2, 0) is 14.3 Å². The van der Waals surface area contributed by atoms with Gasteiger partial charge in [-0.15, -0.1) is 10.2 Å². The lowest BCUT2D eigenvalue weighted by atomic mass is 10.2. The topological polar surface area (TPSA) is 87.7 Å². The molecule has 3 aliphatic rings. The molecule has 0 radical (unpaired) electrons.